The summed E-state index contributed by atoms with van der Waals surface area (Å²) in [6, 6.07) is -0.0202. The lowest BCUT2D eigenvalue weighted by Gasteiger charge is -2.23. The molecule has 2 saturated heterocycles. The van der Waals surface area contributed by atoms with Gasteiger partial charge in [-0.15, -0.1) is 0 Å². The van der Waals surface area contributed by atoms with E-state index in [9.17, 15) is 4.79 Å². The summed E-state index contributed by atoms with van der Waals surface area (Å²) in [7, 11) is 0. The van der Waals surface area contributed by atoms with Crippen LogP contribution < -0.4 is 10.6 Å². The van der Waals surface area contributed by atoms with Crippen molar-refractivity contribution in [3.8, 4) is 0 Å². The van der Waals surface area contributed by atoms with Gasteiger partial charge in [0, 0.05) is 13.2 Å². The van der Waals surface area contributed by atoms with E-state index in [-0.39, 0.29) is 18.2 Å². The molecule has 0 aliphatic carbocycles. The fourth-order valence-corrected chi connectivity index (χ4v) is 1.75. The van der Waals surface area contributed by atoms with E-state index >= 15 is 0 Å². The maximum absolute atomic E-state index is 11.5. The van der Waals surface area contributed by atoms with Gasteiger partial charge in [-0.3, -0.25) is 0 Å². The second-order valence-electron chi connectivity index (χ2n) is 3.98. The minimum Gasteiger partial charge on any atom is -0.379 e. The maximum Gasteiger partial charge on any atom is 0.315 e. The number of carbonyl (C=O) groups excluding carboxylic acids is 1. The van der Waals surface area contributed by atoms with Crippen LogP contribution in [0.4, 0.5) is 4.79 Å². The number of hydrogen-bond acceptors (Lipinski definition) is 4. The minimum atomic E-state index is -0.162. The third kappa shape index (κ3) is 3.62. The summed E-state index contributed by atoms with van der Waals surface area (Å²) >= 11 is 0. The molecule has 6 nitrogen and oxygen atoms in total. The predicted molar refractivity (Wildman–Crippen MR) is 56.3 cm³/mol. The summed E-state index contributed by atoms with van der Waals surface area (Å²) in [5.41, 5.74) is 0. The van der Waals surface area contributed by atoms with Gasteiger partial charge in [0.15, 0.2) is 0 Å². The lowest BCUT2D eigenvalue weighted by Crippen LogP contribution is -2.46. The van der Waals surface area contributed by atoms with Gasteiger partial charge < -0.3 is 24.8 Å². The largest absolute Gasteiger partial charge is 0.379 e. The standard InChI is InChI=1S/C10H18N2O4/c13-10(12-8-1-2-14-6-8)11-5-9-7-15-3-4-16-9/h8-9H,1-7H2,(H2,11,12,13). The van der Waals surface area contributed by atoms with Gasteiger partial charge in [0.2, 0.25) is 0 Å². The molecule has 0 aromatic rings. The van der Waals surface area contributed by atoms with Crippen LogP contribution in [0.3, 0.4) is 0 Å². The molecule has 0 bridgehead atoms. The van der Waals surface area contributed by atoms with Crippen LogP contribution in [-0.4, -0.2) is 57.8 Å². The molecule has 0 spiro atoms. The third-order valence-electron chi connectivity index (χ3n) is 2.64. The van der Waals surface area contributed by atoms with E-state index in [4.69, 9.17) is 14.2 Å². The van der Waals surface area contributed by atoms with E-state index in [2.05, 4.69) is 10.6 Å². The molecule has 2 aliphatic heterocycles. The Balaban J connectivity index is 1.59. The maximum atomic E-state index is 11.5. The van der Waals surface area contributed by atoms with E-state index in [1.807, 2.05) is 0 Å². The quantitative estimate of drug-likeness (QED) is 0.685. The molecule has 0 saturated carbocycles. The number of nitrogens with one attached hydrogen (secondary N) is 2. The highest BCUT2D eigenvalue weighted by molar-refractivity contribution is 5.74. The molecule has 2 aliphatic rings. The highest BCUT2D eigenvalue weighted by atomic mass is 16.6. The molecular weight excluding hydrogens is 212 g/mol. The van der Waals surface area contributed by atoms with Gasteiger partial charge in [0.1, 0.15) is 0 Å². The first-order valence-corrected chi connectivity index (χ1v) is 5.66. The average molecular weight is 230 g/mol. The molecule has 2 fully saturated rings. The Labute approximate surface area is 94.6 Å². The summed E-state index contributed by atoms with van der Waals surface area (Å²) < 4.78 is 15.8. The molecule has 6 heteroatoms. The molecule has 2 N–H and O–H groups in total. The highest BCUT2D eigenvalue weighted by Gasteiger charge is 2.19. The summed E-state index contributed by atoms with van der Waals surface area (Å²) in [6.07, 6.45) is 0.857. The predicted octanol–water partition coefficient (Wildman–Crippen LogP) is -0.510. The molecule has 92 valence electrons. The van der Waals surface area contributed by atoms with Crippen LogP contribution in [-0.2, 0) is 14.2 Å². The Morgan fingerprint density at radius 2 is 2.06 bits per heavy atom. The van der Waals surface area contributed by atoms with Gasteiger partial charge in [0.25, 0.3) is 0 Å². The van der Waals surface area contributed by atoms with Crippen molar-refractivity contribution in [2.24, 2.45) is 0 Å². The Kier molecular flexibility index (Phi) is 4.38. The molecular formula is C10H18N2O4. The van der Waals surface area contributed by atoms with Crippen molar-refractivity contribution in [3.05, 3.63) is 0 Å². The van der Waals surface area contributed by atoms with Gasteiger partial charge in [-0.1, -0.05) is 0 Å². The molecule has 2 atom stereocenters. The third-order valence-corrected chi connectivity index (χ3v) is 2.64. The second-order valence-corrected chi connectivity index (χ2v) is 3.98. The fourth-order valence-electron chi connectivity index (χ4n) is 1.75. The van der Waals surface area contributed by atoms with Crippen molar-refractivity contribution in [1.82, 2.24) is 10.6 Å². The zero-order chi connectivity index (χ0) is 11.2. The van der Waals surface area contributed by atoms with E-state index in [1.54, 1.807) is 0 Å². The molecule has 2 unspecified atom stereocenters. The van der Waals surface area contributed by atoms with E-state index < -0.39 is 0 Å². The number of rotatable bonds is 3. The average Bonchev–Trinajstić information content (AvgIpc) is 2.81. The highest BCUT2D eigenvalue weighted by Crippen LogP contribution is 2.03. The number of amides is 2. The number of ether oxygens (including phenoxy) is 3. The van der Waals surface area contributed by atoms with Crippen LogP contribution in [0.5, 0.6) is 0 Å². The Hall–Kier alpha value is -0.850. The van der Waals surface area contributed by atoms with Gasteiger partial charge >= 0.3 is 6.03 Å². The summed E-state index contributed by atoms with van der Waals surface area (Å²) in [5.74, 6) is 0. The first-order chi connectivity index (χ1) is 7.84. The summed E-state index contributed by atoms with van der Waals surface area (Å²) in [5, 5.41) is 5.62. The number of hydrogen-bond donors (Lipinski definition) is 2. The monoisotopic (exact) mass is 230 g/mol. The number of urea groups is 1. The Morgan fingerprint density at radius 3 is 2.75 bits per heavy atom. The van der Waals surface area contributed by atoms with Gasteiger partial charge in [-0.2, -0.15) is 0 Å². The van der Waals surface area contributed by atoms with Crippen molar-refractivity contribution < 1.29 is 19.0 Å². The van der Waals surface area contributed by atoms with Crippen molar-refractivity contribution in [3.63, 3.8) is 0 Å². The molecule has 2 rings (SSSR count). The van der Waals surface area contributed by atoms with Gasteiger partial charge in [-0.25, -0.2) is 4.79 Å². The SMILES string of the molecule is O=C(NCC1COCCO1)NC1CCOC1. The molecule has 2 heterocycles. The van der Waals surface area contributed by atoms with Gasteiger partial charge in [0.05, 0.1) is 38.6 Å². The van der Waals surface area contributed by atoms with Gasteiger partial charge in [-0.05, 0) is 6.42 Å². The zero-order valence-electron chi connectivity index (χ0n) is 9.24. The van der Waals surface area contributed by atoms with Crippen LogP contribution >= 0.6 is 0 Å². The van der Waals surface area contributed by atoms with Crippen molar-refractivity contribution in [2.45, 2.75) is 18.6 Å². The first kappa shape index (κ1) is 11.6. The van der Waals surface area contributed by atoms with Crippen LogP contribution in [0.1, 0.15) is 6.42 Å². The van der Waals surface area contributed by atoms with Crippen LogP contribution in [0.2, 0.25) is 0 Å². The van der Waals surface area contributed by atoms with Crippen LogP contribution in [0.15, 0.2) is 0 Å². The number of carbonyl (C=O) groups is 1. The molecule has 2 amide bonds. The topological polar surface area (TPSA) is 68.8 Å². The zero-order valence-corrected chi connectivity index (χ0v) is 9.24. The second kappa shape index (κ2) is 6.03. The molecule has 0 aromatic carbocycles. The Bertz CT molecular complexity index is 225. The Morgan fingerprint density at radius 1 is 1.19 bits per heavy atom. The molecule has 0 radical (unpaired) electrons. The van der Waals surface area contributed by atoms with E-state index in [1.165, 1.54) is 0 Å². The lowest BCUT2D eigenvalue weighted by molar-refractivity contribution is -0.0853. The van der Waals surface area contributed by atoms with E-state index in [0.29, 0.717) is 33.0 Å². The van der Waals surface area contributed by atoms with Crippen LogP contribution in [0.25, 0.3) is 0 Å². The first-order valence-electron chi connectivity index (χ1n) is 5.66. The summed E-state index contributed by atoms with van der Waals surface area (Å²) in [6.45, 7) is 3.61. The minimum absolute atomic E-state index is 0.0284. The lowest BCUT2D eigenvalue weighted by atomic mass is 10.3. The van der Waals surface area contributed by atoms with Crippen molar-refractivity contribution in [2.75, 3.05) is 39.6 Å². The fraction of sp³-hybridized carbons (Fsp3) is 0.900. The van der Waals surface area contributed by atoms with Crippen LogP contribution in [0, 0.1) is 0 Å². The normalized spacial score (nSPS) is 30.0. The molecule has 16 heavy (non-hydrogen) atoms. The van der Waals surface area contributed by atoms with Crippen molar-refractivity contribution >= 4 is 6.03 Å². The summed E-state index contributed by atoms with van der Waals surface area (Å²) in [4.78, 5) is 11.5. The van der Waals surface area contributed by atoms with E-state index in [0.717, 1.165) is 13.0 Å². The smallest absolute Gasteiger partial charge is 0.315 e. The van der Waals surface area contributed by atoms with Crippen molar-refractivity contribution in [1.29, 1.82) is 0 Å². The molecule has 0 aromatic heterocycles.